The molecule has 1 N–H and O–H groups in total. The summed E-state index contributed by atoms with van der Waals surface area (Å²) >= 11 is 6.08. The summed E-state index contributed by atoms with van der Waals surface area (Å²) in [6.07, 6.45) is 2.42. The van der Waals surface area contributed by atoms with E-state index >= 15 is 0 Å². The Morgan fingerprint density at radius 1 is 1.33 bits per heavy atom. The van der Waals surface area contributed by atoms with Crippen LogP contribution in [0.2, 0.25) is 5.02 Å². The fourth-order valence-electron chi connectivity index (χ4n) is 1.90. The Morgan fingerprint density at radius 3 is 2.89 bits per heavy atom. The van der Waals surface area contributed by atoms with Crippen molar-refractivity contribution in [3.63, 3.8) is 0 Å². The molecule has 1 aromatic rings. The summed E-state index contributed by atoms with van der Waals surface area (Å²) in [4.78, 5) is 11.9. The molecule has 1 amide bonds. The van der Waals surface area contributed by atoms with Gasteiger partial charge in [0.25, 0.3) is 5.91 Å². The highest BCUT2D eigenvalue weighted by molar-refractivity contribution is 6.32. The first kappa shape index (κ1) is 11.7. The molecule has 1 aliphatic heterocycles. The van der Waals surface area contributed by atoms with E-state index in [0.717, 1.165) is 6.54 Å². The molecule has 0 radical (unpaired) electrons. The van der Waals surface area contributed by atoms with Gasteiger partial charge in [-0.1, -0.05) is 11.6 Å². The Hall–Kier alpha value is -1.42. The molecule has 18 heavy (non-hydrogen) atoms. The number of halogens is 1. The van der Waals surface area contributed by atoms with Gasteiger partial charge in [0.05, 0.1) is 5.02 Å². The molecule has 96 valence electrons. The molecule has 0 saturated heterocycles. The Morgan fingerprint density at radius 2 is 2.11 bits per heavy atom. The van der Waals surface area contributed by atoms with Crippen molar-refractivity contribution in [3.05, 3.63) is 22.7 Å². The van der Waals surface area contributed by atoms with Gasteiger partial charge in [0.2, 0.25) is 0 Å². The maximum atomic E-state index is 11.9. The minimum atomic E-state index is -0.110. The molecule has 5 heteroatoms. The highest BCUT2D eigenvalue weighted by Crippen LogP contribution is 2.38. The predicted molar refractivity (Wildman–Crippen MR) is 67.5 cm³/mol. The van der Waals surface area contributed by atoms with Crippen molar-refractivity contribution in [2.45, 2.75) is 12.8 Å². The number of rotatable bonds is 3. The second-order valence-electron chi connectivity index (χ2n) is 4.64. The number of hydrogen-bond acceptors (Lipinski definition) is 3. The normalized spacial score (nSPS) is 17.4. The third-order valence-corrected chi connectivity index (χ3v) is 3.39. The monoisotopic (exact) mass is 267 g/mol. The lowest BCUT2D eigenvalue weighted by Crippen LogP contribution is -2.26. The minimum Gasteiger partial charge on any atom is -0.486 e. The molecule has 0 spiro atoms. The number of fused-ring (bicyclic) bond motifs is 1. The van der Waals surface area contributed by atoms with Crippen LogP contribution in [0, 0.1) is 5.92 Å². The molecule has 0 unspecified atom stereocenters. The van der Waals surface area contributed by atoms with Gasteiger partial charge in [0.1, 0.15) is 13.2 Å². The van der Waals surface area contributed by atoms with Gasteiger partial charge in [0, 0.05) is 12.1 Å². The van der Waals surface area contributed by atoms with E-state index in [1.54, 1.807) is 12.1 Å². The largest absolute Gasteiger partial charge is 0.486 e. The molecule has 1 aromatic carbocycles. The summed E-state index contributed by atoms with van der Waals surface area (Å²) in [6.45, 7) is 1.71. The van der Waals surface area contributed by atoms with Gasteiger partial charge >= 0.3 is 0 Å². The number of carbonyl (C=O) groups is 1. The summed E-state index contributed by atoms with van der Waals surface area (Å²) in [6, 6.07) is 3.31. The van der Waals surface area contributed by atoms with Gasteiger partial charge < -0.3 is 14.8 Å². The number of carbonyl (C=O) groups excluding carboxylic acids is 1. The maximum Gasteiger partial charge on any atom is 0.251 e. The Kier molecular flexibility index (Phi) is 3.04. The molecule has 4 nitrogen and oxygen atoms in total. The number of nitrogens with one attached hydrogen (secondary N) is 1. The first-order valence-electron chi connectivity index (χ1n) is 6.11. The quantitative estimate of drug-likeness (QED) is 0.914. The van der Waals surface area contributed by atoms with E-state index in [0.29, 0.717) is 41.2 Å². The van der Waals surface area contributed by atoms with Crippen molar-refractivity contribution in [2.24, 2.45) is 5.92 Å². The van der Waals surface area contributed by atoms with E-state index in [1.807, 2.05) is 0 Å². The molecule has 0 atom stereocenters. The van der Waals surface area contributed by atoms with E-state index < -0.39 is 0 Å². The number of amides is 1. The van der Waals surface area contributed by atoms with Crippen LogP contribution in [-0.2, 0) is 0 Å². The van der Waals surface area contributed by atoms with Crippen LogP contribution in [0.3, 0.4) is 0 Å². The zero-order chi connectivity index (χ0) is 12.5. The molecular weight excluding hydrogens is 254 g/mol. The Balaban J connectivity index is 1.78. The zero-order valence-corrected chi connectivity index (χ0v) is 10.6. The van der Waals surface area contributed by atoms with Crippen molar-refractivity contribution >= 4 is 17.5 Å². The Bertz CT molecular complexity index is 485. The molecule has 0 bridgehead atoms. The lowest BCUT2D eigenvalue weighted by atomic mass is 10.1. The molecule has 0 aromatic heterocycles. The number of benzene rings is 1. The second-order valence-corrected chi connectivity index (χ2v) is 5.04. The van der Waals surface area contributed by atoms with Gasteiger partial charge in [0.15, 0.2) is 11.5 Å². The topological polar surface area (TPSA) is 47.6 Å². The van der Waals surface area contributed by atoms with Crippen LogP contribution in [0.15, 0.2) is 12.1 Å². The molecule has 1 aliphatic carbocycles. The van der Waals surface area contributed by atoms with Crippen LogP contribution in [0.25, 0.3) is 0 Å². The van der Waals surface area contributed by atoms with E-state index in [1.165, 1.54) is 12.8 Å². The van der Waals surface area contributed by atoms with E-state index in [2.05, 4.69) is 5.32 Å². The molecule has 1 heterocycles. The number of ether oxygens (including phenoxy) is 2. The van der Waals surface area contributed by atoms with Gasteiger partial charge in [-0.25, -0.2) is 0 Å². The minimum absolute atomic E-state index is 0.110. The van der Waals surface area contributed by atoms with E-state index in [4.69, 9.17) is 21.1 Å². The van der Waals surface area contributed by atoms with E-state index in [-0.39, 0.29) is 5.91 Å². The molecule has 2 aliphatic rings. The van der Waals surface area contributed by atoms with Crippen LogP contribution in [0.1, 0.15) is 23.2 Å². The lowest BCUT2D eigenvalue weighted by molar-refractivity contribution is 0.0950. The fourth-order valence-corrected chi connectivity index (χ4v) is 2.17. The molecule has 1 saturated carbocycles. The van der Waals surface area contributed by atoms with Gasteiger partial charge in [-0.2, -0.15) is 0 Å². The Labute approximate surface area is 110 Å². The third kappa shape index (κ3) is 2.38. The molecule has 3 rings (SSSR count). The van der Waals surface area contributed by atoms with Crippen molar-refractivity contribution < 1.29 is 14.3 Å². The SMILES string of the molecule is O=C(NCC1CC1)c1cc(Cl)c2c(c1)OCCO2. The van der Waals surface area contributed by atoms with Gasteiger partial charge in [-0.05, 0) is 30.9 Å². The van der Waals surface area contributed by atoms with Crippen LogP contribution in [-0.4, -0.2) is 25.7 Å². The summed E-state index contributed by atoms with van der Waals surface area (Å²) in [5, 5.41) is 3.32. The van der Waals surface area contributed by atoms with Crippen LogP contribution in [0.5, 0.6) is 11.5 Å². The smallest absolute Gasteiger partial charge is 0.251 e. The van der Waals surface area contributed by atoms with E-state index in [9.17, 15) is 4.79 Å². The van der Waals surface area contributed by atoms with Crippen LogP contribution in [0.4, 0.5) is 0 Å². The lowest BCUT2D eigenvalue weighted by Gasteiger charge is -2.20. The standard InChI is InChI=1S/C13H14ClNO3/c14-10-5-9(13(16)15-7-8-1-2-8)6-11-12(10)18-4-3-17-11/h5-6,8H,1-4,7H2,(H,15,16). The maximum absolute atomic E-state index is 11.9. The fraction of sp³-hybridized carbons (Fsp3) is 0.462. The summed E-state index contributed by atoms with van der Waals surface area (Å²) < 4.78 is 10.9. The van der Waals surface area contributed by atoms with Crippen LogP contribution < -0.4 is 14.8 Å². The van der Waals surface area contributed by atoms with Crippen molar-refractivity contribution in [3.8, 4) is 11.5 Å². The average Bonchev–Trinajstić information content (AvgIpc) is 3.20. The first-order chi connectivity index (χ1) is 8.74. The zero-order valence-electron chi connectivity index (χ0n) is 9.87. The average molecular weight is 268 g/mol. The molecular formula is C13H14ClNO3. The summed E-state index contributed by atoms with van der Waals surface area (Å²) in [5.41, 5.74) is 0.518. The van der Waals surface area contributed by atoms with Crippen molar-refractivity contribution in [1.82, 2.24) is 5.32 Å². The highest BCUT2D eigenvalue weighted by atomic mass is 35.5. The first-order valence-corrected chi connectivity index (χ1v) is 6.49. The van der Waals surface area contributed by atoms with Crippen molar-refractivity contribution in [1.29, 1.82) is 0 Å². The number of hydrogen-bond donors (Lipinski definition) is 1. The highest BCUT2D eigenvalue weighted by Gasteiger charge is 2.23. The third-order valence-electron chi connectivity index (χ3n) is 3.11. The second kappa shape index (κ2) is 4.69. The summed E-state index contributed by atoms with van der Waals surface area (Å²) in [7, 11) is 0. The molecule has 1 fully saturated rings. The summed E-state index contributed by atoms with van der Waals surface area (Å²) in [5.74, 6) is 1.62. The van der Waals surface area contributed by atoms with Crippen LogP contribution >= 0.6 is 11.6 Å². The van der Waals surface area contributed by atoms with Gasteiger partial charge in [-0.3, -0.25) is 4.79 Å². The van der Waals surface area contributed by atoms with Gasteiger partial charge in [-0.15, -0.1) is 0 Å². The van der Waals surface area contributed by atoms with Crippen molar-refractivity contribution in [2.75, 3.05) is 19.8 Å². The predicted octanol–water partition coefficient (Wildman–Crippen LogP) is 2.25.